The Labute approximate surface area is 167 Å². The lowest BCUT2D eigenvalue weighted by atomic mass is 10.1. The highest BCUT2D eigenvalue weighted by Crippen LogP contribution is 2.33. The number of carboxylic acid groups (broad SMARTS) is 1. The Morgan fingerprint density at radius 3 is 2.30 bits per heavy atom. The SMILES string of the molecule is Cc1cc(C(F)(F)F)ccc1NS(=O)(=O)c1nc(-c2ccc(F)cc2)c(C(=O)O)o1. The number of oxazole rings is 1. The van der Waals surface area contributed by atoms with Crippen LogP contribution in [0.1, 0.15) is 21.7 Å². The van der Waals surface area contributed by atoms with Crippen molar-refractivity contribution in [3.05, 3.63) is 65.2 Å². The molecule has 0 aliphatic carbocycles. The molecule has 0 spiro atoms. The van der Waals surface area contributed by atoms with E-state index in [0.29, 0.717) is 6.07 Å². The Balaban J connectivity index is 2.00. The minimum atomic E-state index is -4.61. The van der Waals surface area contributed by atoms with Crippen molar-refractivity contribution in [1.29, 1.82) is 0 Å². The lowest BCUT2D eigenvalue weighted by Gasteiger charge is -2.12. The molecule has 3 rings (SSSR count). The fraction of sp³-hybridized carbons (Fsp3) is 0.111. The molecule has 7 nitrogen and oxygen atoms in total. The Kier molecular flexibility index (Phi) is 5.29. The van der Waals surface area contributed by atoms with Crippen molar-refractivity contribution in [3.63, 3.8) is 0 Å². The average Bonchev–Trinajstić information content (AvgIpc) is 3.10. The molecule has 3 aromatic rings. The number of alkyl halides is 3. The molecule has 2 N–H and O–H groups in total. The molecule has 1 heterocycles. The molecule has 0 saturated heterocycles. The molecule has 0 aliphatic rings. The minimum Gasteiger partial charge on any atom is -0.475 e. The molecule has 30 heavy (non-hydrogen) atoms. The van der Waals surface area contributed by atoms with E-state index in [4.69, 9.17) is 4.42 Å². The standard InChI is InChI=1S/C18H12F4N2O5S/c1-9-8-11(18(20,21)22)4-7-13(9)24-30(27,28)17-23-14(15(29-17)16(25)26)10-2-5-12(19)6-3-10/h2-8,24H,1H3,(H,25,26). The summed E-state index contributed by atoms with van der Waals surface area (Å²) in [4.78, 5) is 15.1. The third kappa shape index (κ3) is 4.27. The Morgan fingerprint density at radius 2 is 1.77 bits per heavy atom. The molecule has 0 unspecified atom stereocenters. The molecule has 0 atom stereocenters. The average molecular weight is 444 g/mol. The van der Waals surface area contributed by atoms with Gasteiger partial charge in [0.15, 0.2) is 0 Å². The topological polar surface area (TPSA) is 110 Å². The number of sulfonamides is 1. The van der Waals surface area contributed by atoms with E-state index in [0.717, 1.165) is 24.3 Å². The van der Waals surface area contributed by atoms with Gasteiger partial charge in [-0.05, 0) is 55.0 Å². The van der Waals surface area contributed by atoms with Crippen molar-refractivity contribution >= 4 is 21.7 Å². The maximum Gasteiger partial charge on any atom is 0.416 e. The predicted molar refractivity (Wildman–Crippen MR) is 95.8 cm³/mol. The van der Waals surface area contributed by atoms with E-state index >= 15 is 0 Å². The second-order valence-corrected chi connectivity index (χ2v) is 7.66. The Hall–Kier alpha value is -3.41. The van der Waals surface area contributed by atoms with E-state index < -0.39 is 44.5 Å². The molecular weight excluding hydrogens is 432 g/mol. The zero-order chi connectivity index (χ0) is 22.3. The summed E-state index contributed by atoms with van der Waals surface area (Å²) in [5.74, 6) is -3.02. The highest BCUT2D eigenvalue weighted by molar-refractivity contribution is 7.92. The molecule has 2 aromatic carbocycles. The lowest BCUT2D eigenvalue weighted by molar-refractivity contribution is -0.137. The van der Waals surface area contributed by atoms with Gasteiger partial charge < -0.3 is 9.52 Å². The second-order valence-electron chi connectivity index (χ2n) is 6.10. The molecule has 0 fully saturated rings. The van der Waals surface area contributed by atoms with Crippen LogP contribution in [0.4, 0.5) is 23.2 Å². The van der Waals surface area contributed by atoms with Gasteiger partial charge in [-0.3, -0.25) is 4.72 Å². The summed E-state index contributed by atoms with van der Waals surface area (Å²) >= 11 is 0. The van der Waals surface area contributed by atoms with Crippen LogP contribution in [0.25, 0.3) is 11.3 Å². The predicted octanol–water partition coefficient (Wildman–Crippen LogP) is 4.31. The van der Waals surface area contributed by atoms with E-state index in [9.17, 15) is 35.9 Å². The van der Waals surface area contributed by atoms with Crippen LogP contribution in [0.2, 0.25) is 0 Å². The van der Waals surface area contributed by atoms with Crippen molar-refractivity contribution in [3.8, 4) is 11.3 Å². The van der Waals surface area contributed by atoms with Crippen molar-refractivity contribution in [2.75, 3.05) is 4.72 Å². The van der Waals surface area contributed by atoms with Crippen LogP contribution in [-0.2, 0) is 16.2 Å². The first-order valence-corrected chi connectivity index (χ1v) is 9.57. The van der Waals surface area contributed by atoms with Crippen LogP contribution >= 0.6 is 0 Å². The number of carboxylic acids is 1. The number of nitrogens with zero attached hydrogens (tertiary/aromatic N) is 1. The number of rotatable bonds is 5. The fourth-order valence-corrected chi connectivity index (χ4v) is 3.52. The van der Waals surface area contributed by atoms with Crippen LogP contribution in [0.3, 0.4) is 0 Å². The number of aromatic nitrogens is 1. The molecule has 158 valence electrons. The van der Waals surface area contributed by atoms with Crippen molar-refractivity contribution in [1.82, 2.24) is 4.98 Å². The van der Waals surface area contributed by atoms with Crippen molar-refractivity contribution in [2.24, 2.45) is 0 Å². The van der Waals surface area contributed by atoms with Crippen LogP contribution in [0.15, 0.2) is 52.1 Å². The fourth-order valence-electron chi connectivity index (χ4n) is 2.51. The number of hydrogen-bond acceptors (Lipinski definition) is 5. The molecule has 1 aromatic heterocycles. The summed E-state index contributed by atoms with van der Waals surface area (Å²) in [6, 6.07) is 6.76. The van der Waals surface area contributed by atoms with Gasteiger partial charge in [-0.2, -0.15) is 26.6 Å². The smallest absolute Gasteiger partial charge is 0.416 e. The third-order valence-electron chi connectivity index (χ3n) is 3.95. The minimum absolute atomic E-state index is 0.0304. The Morgan fingerprint density at radius 1 is 1.13 bits per heavy atom. The number of aryl methyl sites for hydroxylation is 1. The summed E-state index contributed by atoms with van der Waals surface area (Å²) < 4.78 is 83.4. The Bertz CT molecular complexity index is 1220. The zero-order valence-corrected chi connectivity index (χ0v) is 15.8. The second kappa shape index (κ2) is 7.44. The van der Waals surface area contributed by atoms with Gasteiger partial charge in [0, 0.05) is 5.56 Å². The van der Waals surface area contributed by atoms with E-state index in [1.54, 1.807) is 0 Å². The first-order valence-electron chi connectivity index (χ1n) is 8.09. The maximum absolute atomic E-state index is 13.1. The van der Waals surface area contributed by atoms with E-state index in [1.807, 2.05) is 4.72 Å². The van der Waals surface area contributed by atoms with Gasteiger partial charge in [0.2, 0.25) is 5.76 Å². The van der Waals surface area contributed by atoms with Crippen molar-refractivity contribution in [2.45, 2.75) is 18.3 Å². The van der Waals surface area contributed by atoms with Gasteiger partial charge in [0.05, 0.1) is 11.3 Å². The number of nitrogens with one attached hydrogen (secondary N) is 1. The molecule has 0 radical (unpaired) electrons. The van der Waals surface area contributed by atoms with Gasteiger partial charge in [-0.1, -0.05) is 0 Å². The molecular formula is C18H12F4N2O5S. The third-order valence-corrected chi connectivity index (χ3v) is 5.07. The number of hydrogen-bond donors (Lipinski definition) is 2. The van der Waals surface area contributed by atoms with Gasteiger partial charge in [-0.15, -0.1) is 0 Å². The highest BCUT2D eigenvalue weighted by Gasteiger charge is 2.32. The number of benzene rings is 2. The number of aromatic carboxylic acids is 1. The monoisotopic (exact) mass is 444 g/mol. The normalized spacial score (nSPS) is 12.0. The first kappa shape index (κ1) is 21.3. The quantitative estimate of drug-likeness (QED) is 0.568. The molecule has 0 saturated carbocycles. The van der Waals surface area contributed by atoms with Gasteiger partial charge in [0.25, 0.3) is 0 Å². The largest absolute Gasteiger partial charge is 0.475 e. The molecule has 12 heteroatoms. The van der Waals surface area contributed by atoms with Gasteiger partial charge in [0.1, 0.15) is 11.5 Å². The lowest BCUT2D eigenvalue weighted by Crippen LogP contribution is -2.15. The highest BCUT2D eigenvalue weighted by atomic mass is 32.2. The summed E-state index contributed by atoms with van der Waals surface area (Å²) in [6.07, 6.45) is -4.61. The zero-order valence-electron chi connectivity index (χ0n) is 15.0. The van der Waals surface area contributed by atoms with E-state index in [2.05, 4.69) is 4.98 Å². The van der Waals surface area contributed by atoms with E-state index in [-0.39, 0.29) is 22.5 Å². The summed E-state index contributed by atoms with van der Waals surface area (Å²) in [5.41, 5.74) is -1.44. The van der Waals surface area contributed by atoms with Crippen LogP contribution in [-0.4, -0.2) is 24.5 Å². The summed E-state index contributed by atoms with van der Waals surface area (Å²) in [7, 11) is -4.58. The summed E-state index contributed by atoms with van der Waals surface area (Å²) in [6.45, 7) is 1.26. The van der Waals surface area contributed by atoms with Crippen LogP contribution < -0.4 is 4.72 Å². The number of carbonyl (C=O) groups is 1. The maximum atomic E-state index is 13.1. The van der Waals surface area contributed by atoms with Crippen LogP contribution in [0, 0.1) is 12.7 Å². The first-order chi connectivity index (χ1) is 13.9. The number of halogens is 4. The summed E-state index contributed by atoms with van der Waals surface area (Å²) in [5, 5.41) is 8.26. The molecule has 0 amide bonds. The van der Waals surface area contributed by atoms with Crippen molar-refractivity contribution < 1.29 is 40.3 Å². The van der Waals surface area contributed by atoms with Gasteiger partial charge >= 0.3 is 27.4 Å². The van der Waals surface area contributed by atoms with Gasteiger partial charge in [-0.25, -0.2) is 9.18 Å². The van der Waals surface area contributed by atoms with Crippen LogP contribution in [0.5, 0.6) is 0 Å². The number of anilines is 1. The van der Waals surface area contributed by atoms with E-state index in [1.165, 1.54) is 19.1 Å². The molecule has 0 bridgehead atoms. The molecule has 0 aliphatic heterocycles.